The molecule has 21 heavy (non-hydrogen) atoms. The summed E-state index contributed by atoms with van der Waals surface area (Å²) in [5, 5.41) is 0.697. The van der Waals surface area contributed by atoms with Crippen LogP contribution in [0.4, 0.5) is 0 Å². The van der Waals surface area contributed by atoms with Crippen LogP contribution in [0.3, 0.4) is 0 Å². The molecule has 2 aromatic rings. The van der Waals surface area contributed by atoms with Crippen molar-refractivity contribution in [1.29, 1.82) is 0 Å². The highest BCUT2D eigenvalue weighted by molar-refractivity contribution is 14.1. The fourth-order valence-corrected chi connectivity index (χ4v) is 3.33. The first-order valence-corrected chi connectivity index (χ1v) is 8.90. The standard InChI is InChI=1S/C16H16BrClINO/c1-2-7-21-15-6-3-10(8-13(15)17)16(20)12-9-11(18)4-5-14(12)19/h3-6,8-9,16H,2,7,20H2,1H3. The minimum Gasteiger partial charge on any atom is -0.492 e. The summed E-state index contributed by atoms with van der Waals surface area (Å²) < 4.78 is 7.68. The molecule has 2 aromatic carbocycles. The average Bonchev–Trinajstić information content (AvgIpc) is 2.47. The predicted octanol–water partition coefficient (Wildman–Crippen LogP) is 5.54. The molecule has 0 amide bonds. The predicted molar refractivity (Wildman–Crippen MR) is 100 cm³/mol. The van der Waals surface area contributed by atoms with Crippen molar-refractivity contribution in [2.45, 2.75) is 19.4 Å². The number of nitrogens with two attached hydrogens (primary N) is 1. The van der Waals surface area contributed by atoms with E-state index in [1.54, 1.807) is 0 Å². The Morgan fingerprint density at radius 3 is 2.71 bits per heavy atom. The van der Waals surface area contributed by atoms with Gasteiger partial charge in [-0.15, -0.1) is 0 Å². The molecule has 0 aliphatic rings. The highest BCUT2D eigenvalue weighted by Gasteiger charge is 2.14. The van der Waals surface area contributed by atoms with E-state index in [-0.39, 0.29) is 6.04 Å². The van der Waals surface area contributed by atoms with Gasteiger partial charge in [0.25, 0.3) is 0 Å². The van der Waals surface area contributed by atoms with Crippen LogP contribution in [0.2, 0.25) is 5.02 Å². The Morgan fingerprint density at radius 1 is 1.29 bits per heavy atom. The highest BCUT2D eigenvalue weighted by atomic mass is 127. The molecule has 0 aromatic heterocycles. The maximum Gasteiger partial charge on any atom is 0.133 e. The zero-order chi connectivity index (χ0) is 15.4. The second kappa shape index (κ2) is 7.81. The van der Waals surface area contributed by atoms with Crippen molar-refractivity contribution in [3.63, 3.8) is 0 Å². The molecule has 0 saturated heterocycles. The minimum absolute atomic E-state index is 0.216. The molecule has 1 atom stereocenters. The smallest absolute Gasteiger partial charge is 0.133 e. The van der Waals surface area contributed by atoms with Crippen LogP contribution in [0, 0.1) is 3.57 Å². The summed E-state index contributed by atoms with van der Waals surface area (Å²) in [6.07, 6.45) is 0.981. The van der Waals surface area contributed by atoms with Crippen molar-refractivity contribution >= 4 is 50.1 Å². The van der Waals surface area contributed by atoms with E-state index in [2.05, 4.69) is 45.4 Å². The van der Waals surface area contributed by atoms with Gasteiger partial charge in [0.15, 0.2) is 0 Å². The fraction of sp³-hybridized carbons (Fsp3) is 0.250. The number of halogens is 3. The summed E-state index contributed by atoms with van der Waals surface area (Å²) in [6.45, 7) is 2.79. The first-order chi connectivity index (χ1) is 10.0. The highest BCUT2D eigenvalue weighted by Crippen LogP contribution is 2.32. The van der Waals surface area contributed by atoms with Crippen molar-refractivity contribution < 1.29 is 4.74 Å². The van der Waals surface area contributed by atoms with Gasteiger partial charge in [0.1, 0.15) is 5.75 Å². The zero-order valence-corrected chi connectivity index (χ0v) is 16.1. The van der Waals surface area contributed by atoms with E-state index in [0.717, 1.165) is 31.3 Å². The molecule has 0 aliphatic carbocycles. The van der Waals surface area contributed by atoms with Gasteiger partial charge >= 0.3 is 0 Å². The van der Waals surface area contributed by atoms with E-state index in [4.69, 9.17) is 22.1 Å². The van der Waals surface area contributed by atoms with Gasteiger partial charge < -0.3 is 10.5 Å². The fourth-order valence-electron chi connectivity index (χ4n) is 1.97. The van der Waals surface area contributed by atoms with E-state index >= 15 is 0 Å². The third-order valence-corrected chi connectivity index (χ3v) is 4.91. The molecule has 0 radical (unpaired) electrons. The molecule has 1 unspecified atom stereocenters. The zero-order valence-electron chi connectivity index (χ0n) is 11.6. The molecular weight excluding hydrogens is 464 g/mol. The Bertz CT molecular complexity index is 636. The van der Waals surface area contributed by atoms with E-state index < -0.39 is 0 Å². The quantitative estimate of drug-likeness (QED) is 0.570. The van der Waals surface area contributed by atoms with Crippen LogP contribution in [0.5, 0.6) is 5.75 Å². The first-order valence-electron chi connectivity index (χ1n) is 6.65. The number of hydrogen-bond donors (Lipinski definition) is 1. The molecule has 5 heteroatoms. The van der Waals surface area contributed by atoms with Gasteiger partial charge in [-0.25, -0.2) is 0 Å². The molecule has 2 nitrogen and oxygen atoms in total. The first kappa shape index (κ1) is 17.1. The summed E-state index contributed by atoms with van der Waals surface area (Å²) >= 11 is 11.9. The van der Waals surface area contributed by atoms with Crippen LogP contribution in [-0.2, 0) is 0 Å². The molecule has 0 bridgehead atoms. The largest absolute Gasteiger partial charge is 0.492 e. The Kier molecular flexibility index (Phi) is 6.34. The lowest BCUT2D eigenvalue weighted by Gasteiger charge is -2.16. The van der Waals surface area contributed by atoms with E-state index in [1.165, 1.54) is 0 Å². The summed E-state index contributed by atoms with van der Waals surface area (Å²) in [5.41, 5.74) is 8.42. The molecule has 0 spiro atoms. The summed E-state index contributed by atoms with van der Waals surface area (Å²) in [5.74, 6) is 0.841. The maximum atomic E-state index is 6.38. The number of rotatable bonds is 5. The van der Waals surface area contributed by atoms with Crippen molar-refractivity contribution in [2.75, 3.05) is 6.61 Å². The van der Waals surface area contributed by atoms with Crippen LogP contribution in [0.1, 0.15) is 30.5 Å². The second-order valence-corrected chi connectivity index (χ2v) is 7.13. The Morgan fingerprint density at radius 2 is 2.05 bits per heavy atom. The number of ether oxygens (including phenoxy) is 1. The van der Waals surface area contributed by atoms with Crippen molar-refractivity contribution in [2.24, 2.45) is 5.73 Å². The van der Waals surface area contributed by atoms with Crippen LogP contribution in [-0.4, -0.2) is 6.61 Å². The minimum atomic E-state index is -0.216. The van der Waals surface area contributed by atoms with Gasteiger partial charge in [0.2, 0.25) is 0 Å². The normalized spacial score (nSPS) is 12.2. The van der Waals surface area contributed by atoms with E-state index in [0.29, 0.717) is 11.6 Å². The molecule has 0 heterocycles. The molecule has 0 saturated carbocycles. The van der Waals surface area contributed by atoms with Crippen LogP contribution < -0.4 is 10.5 Å². The van der Waals surface area contributed by atoms with E-state index in [9.17, 15) is 0 Å². The van der Waals surface area contributed by atoms with Crippen molar-refractivity contribution in [3.8, 4) is 5.75 Å². The third-order valence-electron chi connectivity index (χ3n) is 3.07. The van der Waals surface area contributed by atoms with Crippen LogP contribution in [0.25, 0.3) is 0 Å². The van der Waals surface area contributed by atoms with E-state index in [1.807, 2.05) is 36.4 Å². The van der Waals surface area contributed by atoms with Gasteiger partial charge in [0, 0.05) is 8.59 Å². The number of benzene rings is 2. The summed E-state index contributed by atoms with van der Waals surface area (Å²) in [7, 11) is 0. The molecule has 0 fully saturated rings. The molecule has 2 N–H and O–H groups in total. The lowest BCUT2D eigenvalue weighted by molar-refractivity contribution is 0.315. The molecule has 2 rings (SSSR count). The van der Waals surface area contributed by atoms with Gasteiger partial charge in [-0.2, -0.15) is 0 Å². The summed E-state index contributed by atoms with van der Waals surface area (Å²) in [6, 6.07) is 11.5. The Hall–Kier alpha value is -0.300. The van der Waals surface area contributed by atoms with Gasteiger partial charge in [-0.05, 0) is 86.4 Å². The Labute approximate surface area is 152 Å². The topological polar surface area (TPSA) is 35.2 Å². The lowest BCUT2D eigenvalue weighted by atomic mass is 10.00. The molecule has 0 aliphatic heterocycles. The maximum absolute atomic E-state index is 6.38. The Balaban J connectivity index is 2.29. The lowest BCUT2D eigenvalue weighted by Crippen LogP contribution is -2.13. The molecule has 112 valence electrons. The van der Waals surface area contributed by atoms with Crippen molar-refractivity contribution in [3.05, 3.63) is 60.6 Å². The number of hydrogen-bond acceptors (Lipinski definition) is 2. The summed E-state index contributed by atoms with van der Waals surface area (Å²) in [4.78, 5) is 0. The SMILES string of the molecule is CCCOc1ccc(C(N)c2cc(Cl)ccc2I)cc1Br. The van der Waals surface area contributed by atoms with Crippen LogP contribution in [0.15, 0.2) is 40.9 Å². The van der Waals surface area contributed by atoms with Crippen molar-refractivity contribution in [1.82, 2.24) is 0 Å². The van der Waals surface area contributed by atoms with Crippen LogP contribution >= 0.6 is 50.1 Å². The van der Waals surface area contributed by atoms with Gasteiger partial charge in [0.05, 0.1) is 17.1 Å². The van der Waals surface area contributed by atoms with Gasteiger partial charge in [-0.1, -0.05) is 24.6 Å². The van der Waals surface area contributed by atoms with Gasteiger partial charge in [-0.3, -0.25) is 0 Å². The second-order valence-electron chi connectivity index (χ2n) is 4.68. The monoisotopic (exact) mass is 479 g/mol. The molecular formula is C16H16BrClINO. The third kappa shape index (κ3) is 4.34. The average molecular weight is 481 g/mol.